The number of carbonyl (C=O) groups excluding carboxylic acids is 2. The van der Waals surface area contributed by atoms with Crippen LogP contribution in [0.1, 0.15) is 18.6 Å². The molecule has 0 radical (unpaired) electrons. The number of carbonyl (C=O) groups is 2. The smallest absolute Gasteiger partial charge is 0.338 e. The minimum atomic E-state index is -0.495. The molecule has 2 aromatic rings. The van der Waals surface area contributed by atoms with Crippen molar-refractivity contribution in [3.8, 4) is 0 Å². The zero-order valence-corrected chi connectivity index (χ0v) is 15.5. The second-order valence-corrected chi connectivity index (χ2v) is 5.41. The Labute approximate surface area is 171 Å². The molecule has 0 spiro atoms. The largest absolute Gasteiger partial charge is 0.460 e. The average Bonchev–Trinajstić information content (AvgIpc) is 2.76. The van der Waals surface area contributed by atoms with Gasteiger partial charge in [0.2, 0.25) is 0 Å². The lowest BCUT2D eigenvalue weighted by molar-refractivity contribution is -0.138. The molecule has 156 valence electrons. The molecule has 0 unspecified atom stereocenters. The van der Waals surface area contributed by atoms with E-state index in [2.05, 4.69) is 13.2 Å². The standard InChI is InChI=1S/2C11H12O3.CH4/c2*1-9(11(13)14-8-7-12)10-5-3-2-4-6-10;/h2*2-6,12H,1,7-8H2;1H4. The third-order valence-electron chi connectivity index (χ3n) is 3.39. The predicted molar refractivity (Wildman–Crippen MR) is 114 cm³/mol. The molecule has 6 nitrogen and oxygen atoms in total. The summed E-state index contributed by atoms with van der Waals surface area (Å²) in [6.07, 6.45) is 0. The maximum atomic E-state index is 11.3. The molecule has 0 aromatic heterocycles. The van der Waals surface area contributed by atoms with Crippen molar-refractivity contribution < 1.29 is 29.3 Å². The van der Waals surface area contributed by atoms with Crippen molar-refractivity contribution in [3.63, 3.8) is 0 Å². The Morgan fingerprint density at radius 1 is 0.690 bits per heavy atom. The van der Waals surface area contributed by atoms with E-state index in [-0.39, 0.29) is 33.9 Å². The fraction of sp³-hybridized carbons (Fsp3) is 0.217. The van der Waals surface area contributed by atoms with Gasteiger partial charge in [0.15, 0.2) is 0 Å². The maximum absolute atomic E-state index is 11.3. The first-order chi connectivity index (χ1) is 13.5. The van der Waals surface area contributed by atoms with Gasteiger partial charge in [-0.2, -0.15) is 0 Å². The molecule has 0 aliphatic rings. The fourth-order valence-electron chi connectivity index (χ4n) is 1.97. The Kier molecular flexibility index (Phi) is 13.1. The molecular formula is C23H28O6. The van der Waals surface area contributed by atoms with E-state index >= 15 is 0 Å². The summed E-state index contributed by atoms with van der Waals surface area (Å²) in [7, 11) is 0. The van der Waals surface area contributed by atoms with Crippen LogP contribution in [0.3, 0.4) is 0 Å². The molecule has 0 aliphatic carbocycles. The summed E-state index contributed by atoms with van der Waals surface area (Å²) < 4.78 is 9.44. The number of ether oxygens (including phenoxy) is 2. The molecule has 6 heteroatoms. The van der Waals surface area contributed by atoms with Gasteiger partial charge in [0.05, 0.1) is 24.4 Å². The van der Waals surface area contributed by atoms with Crippen LogP contribution in [0.2, 0.25) is 0 Å². The van der Waals surface area contributed by atoms with Crippen LogP contribution >= 0.6 is 0 Å². The Bertz CT molecular complexity index is 701. The van der Waals surface area contributed by atoms with Crippen molar-refractivity contribution in [2.45, 2.75) is 7.43 Å². The first-order valence-electron chi connectivity index (χ1n) is 8.55. The Morgan fingerprint density at radius 3 is 1.28 bits per heavy atom. The van der Waals surface area contributed by atoms with E-state index in [1.165, 1.54) is 0 Å². The van der Waals surface area contributed by atoms with Gasteiger partial charge in [0.25, 0.3) is 0 Å². The maximum Gasteiger partial charge on any atom is 0.338 e. The molecule has 29 heavy (non-hydrogen) atoms. The second kappa shape index (κ2) is 14.8. The van der Waals surface area contributed by atoms with Gasteiger partial charge in [-0.1, -0.05) is 81.2 Å². The summed E-state index contributed by atoms with van der Waals surface area (Å²) in [5.41, 5.74) is 2.07. The number of aliphatic hydroxyl groups excluding tert-OH is 2. The van der Waals surface area contributed by atoms with Gasteiger partial charge >= 0.3 is 11.9 Å². The van der Waals surface area contributed by atoms with Crippen molar-refractivity contribution in [1.82, 2.24) is 0 Å². The molecule has 0 amide bonds. The summed E-state index contributed by atoms with van der Waals surface area (Å²) in [5, 5.41) is 16.9. The molecular weight excluding hydrogens is 372 g/mol. The van der Waals surface area contributed by atoms with Gasteiger partial charge in [-0.15, -0.1) is 0 Å². The van der Waals surface area contributed by atoms with Crippen molar-refractivity contribution in [1.29, 1.82) is 0 Å². The zero-order chi connectivity index (χ0) is 20.8. The van der Waals surface area contributed by atoms with E-state index < -0.39 is 11.9 Å². The third kappa shape index (κ3) is 9.51. The predicted octanol–water partition coefficient (Wildman–Crippen LogP) is 3.11. The number of aliphatic hydroxyl groups is 2. The fourth-order valence-corrected chi connectivity index (χ4v) is 1.97. The molecule has 2 N–H and O–H groups in total. The summed E-state index contributed by atoms with van der Waals surface area (Å²) in [6, 6.07) is 18.1. The molecule has 0 fully saturated rings. The number of benzene rings is 2. The topological polar surface area (TPSA) is 93.1 Å². The normalized spacial score (nSPS) is 9.17. The minimum Gasteiger partial charge on any atom is -0.460 e. The Balaban J connectivity index is 0.000000523. The highest BCUT2D eigenvalue weighted by molar-refractivity contribution is 6.16. The van der Waals surface area contributed by atoms with Gasteiger partial charge in [-0.25, -0.2) is 9.59 Å². The van der Waals surface area contributed by atoms with E-state index in [1.54, 1.807) is 24.3 Å². The quantitative estimate of drug-likeness (QED) is 0.522. The van der Waals surface area contributed by atoms with Gasteiger partial charge < -0.3 is 19.7 Å². The molecule has 0 saturated heterocycles. The van der Waals surface area contributed by atoms with Crippen molar-refractivity contribution in [2.24, 2.45) is 0 Å². The van der Waals surface area contributed by atoms with Crippen LogP contribution in [0.25, 0.3) is 11.1 Å². The van der Waals surface area contributed by atoms with E-state index in [0.717, 1.165) is 11.1 Å². The molecule has 2 aromatic carbocycles. The lowest BCUT2D eigenvalue weighted by Gasteiger charge is -2.05. The molecule has 0 bridgehead atoms. The zero-order valence-electron chi connectivity index (χ0n) is 15.5. The van der Waals surface area contributed by atoms with Crippen LogP contribution in [0, 0.1) is 0 Å². The Morgan fingerprint density at radius 2 is 1.00 bits per heavy atom. The summed E-state index contributed by atoms with van der Waals surface area (Å²) >= 11 is 0. The molecule has 0 atom stereocenters. The summed E-state index contributed by atoms with van der Waals surface area (Å²) in [5.74, 6) is -0.990. The van der Waals surface area contributed by atoms with E-state index in [9.17, 15) is 9.59 Å². The van der Waals surface area contributed by atoms with Crippen LogP contribution in [0.5, 0.6) is 0 Å². The first-order valence-corrected chi connectivity index (χ1v) is 8.55. The summed E-state index contributed by atoms with van der Waals surface area (Å²) in [4.78, 5) is 22.5. The highest BCUT2D eigenvalue weighted by atomic mass is 16.5. The number of hydrogen-bond acceptors (Lipinski definition) is 6. The van der Waals surface area contributed by atoms with Gasteiger partial charge in [0.1, 0.15) is 13.2 Å². The van der Waals surface area contributed by atoms with Gasteiger partial charge in [-0.05, 0) is 11.1 Å². The lowest BCUT2D eigenvalue weighted by atomic mass is 10.1. The van der Waals surface area contributed by atoms with Crippen LogP contribution < -0.4 is 0 Å². The highest BCUT2D eigenvalue weighted by Gasteiger charge is 2.10. The van der Waals surface area contributed by atoms with Crippen molar-refractivity contribution in [3.05, 3.63) is 84.9 Å². The van der Waals surface area contributed by atoms with Crippen LogP contribution in [-0.2, 0) is 19.1 Å². The van der Waals surface area contributed by atoms with Crippen molar-refractivity contribution >= 4 is 23.1 Å². The van der Waals surface area contributed by atoms with Crippen LogP contribution in [0.15, 0.2) is 73.8 Å². The van der Waals surface area contributed by atoms with E-state index in [0.29, 0.717) is 11.1 Å². The van der Waals surface area contributed by atoms with Crippen LogP contribution in [-0.4, -0.2) is 48.6 Å². The number of esters is 2. The molecule has 0 saturated carbocycles. The van der Waals surface area contributed by atoms with E-state index in [1.807, 2.05) is 36.4 Å². The SMILES string of the molecule is C.C=C(C(=O)OCCO)c1ccccc1.C=C(C(=O)OCCO)c1ccccc1. The van der Waals surface area contributed by atoms with Crippen molar-refractivity contribution in [2.75, 3.05) is 26.4 Å². The third-order valence-corrected chi connectivity index (χ3v) is 3.39. The Hall–Kier alpha value is -3.22. The monoisotopic (exact) mass is 400 g/mol. The first kappa shape index (κ1) is 25.8. The number of hydrogen-bond donors (Lipinski definition) is 2. The minimum absolute atomic E-state index is 0. The van der Waals surface area contributed by atoms with Gasteiger partial charge in [-0.3, -0.25) is 0 Å². The molecule has 0 heterocycles. The van der Waals surface area contributed by atoms with E-state index in [4.69, 9.17) is 19.7 Å². The second-order valence-electron chi connectivity index (χ2n) is 5.41. The molecule has 2 rings (SSSR count). The molecule has 0 aliphatic heterocycles. The number of rotatable bonds is 8. The lowest BCUT2D eigenvalue weighted by Crippen LogP contribution is -2.09. The van der Waals surface area contributed by atoms with Crippen LogP contribution in [0.4, 0.5) is 0 Å². The highest BCUT2D eigenvalue weighted by Crippen LogP contribution is 2.13. The average molecular weight is 400 g/mol. The van der Waals surface area contributed by atoms with Gasteiger partial charge in [0, 0.05) is 0 Å². The summed E-state index contributed by atoms with van der Waals surface area (Å²) in [6.45, 7) is 6.91.